The van der Waals surface area contributed by atoms with Gasteiger partial charge in [0.1, 0.15) is 5.75 Å². The molecule has 1 saturated heterocycles. The monoisotopic (exact) mass is 369 g/mol. The van der Waals surface area contributed by atoms with Gasteiger partial charge in [0.25, 0.3) is 5.91 Å². The van der Waals surface area contributed by atoms with Crippen LogP contribution in [-0.2, 0) is 16.0 Å². The predicted molar refractivity (Wildman–Crippen MR) is 104 cm³/mol. The van der Waals surface area contributed by atoms with Gasteiger partial charge in [-0.05, 0) is 30.5 Å². The van der Waals surface area contributed by atoms with Crippen molar-refractivity contribution in [2.75, 3.05) is 13.2 Å². The number of carbonyl (C=O) groups is 1. The van der Waals surface area contributed by atoms with E-state index in [-0.39, 0.29) is 18.1 Å². The molecule has 0 spiro atoms. The minimum Gasteiger partial charge on any atom is -0.481 e. The van der Waals surface area contributed by atoms with Crippen molar-refractivity contribution >= 4 is 5.91 Å². The molecule has 0 saturated carbocycles. The Morgan fingerprint density at radius 1 is 1.22 bits per heavy atom. The van der Waals surface area contributed by atoms with Crippen LogP contribution in [0.15, 0.2) is 54.6 Å². The van der Waals surface area contributed by atoms with E-state index in [4.69, 9.17) is 9.47 Å². The number of rotatable bonds is 7. The van der Waals surface area contributed by atoms with E-state index in [0.717, 1.165) is 12.0 Å². The molecule has 5 heteroatoms. The first-order valence-corrected chi connectivity index (χ1v) is 9.47. The van der Waals surface area contributed by atoms with Gasteiger partial charge >= 0.3 is 0 Å². The van der Waals surface area contributed by atoms with Gasteiger partial charge in [0, 0.05) is 26.0 Å². The Morgan fingerprint density at radius 3 is 2.74 bits per heavy atom. The number of amides is 1. The number of aliphatic hydroxyl groups is 1. The summed E-state index contributed by atoms with van der Waals surface area (Å²) >= 11 is 0. The number of carbonyl (C=O) groups excluding carboxylic acids is 1. The standard InChI is InChI=1S/C22H27NO4/c1-16(22(25)23-15-20-14-19(24)11-12-26-20)27-21-10-6-5-9-18(21)13-17-7-3-2-4-8-17/h2-10,16,19-20,24H,11-15H2,1H3,(H,23,25)/t16?,19-,20+/m1/s1. The van der Waals surface area contributed by atoms with E-state index in [1.807, 2.05) is 42.5 Å². The lowest BCUT2D eigenvalue weighted by Gasteiger charge is -2.27. The molecule has 0 aliphatic carbocycles. The molecule has 1 fully saturated rings. The Bertz CT molecular complexity index is 734. The highest BCUT2D eigenvalue weighted by atomic mass is 16.5. The predicted octanol–water partition coefficient (Wildman–Crippen LogP) is 2.70. The number of hydrogen-bond donors (Lipinski definition) is 2. The summed E-state index contributed by atoms with van der Waals surface area (Å²) in [6.07, 6.45) is 0.849. The van der Waals surface area contributed by atoms with Crippen LogP contribution in [0.2, 0.25) is 0 Å². The number of aliphatic hydroxyl groups excluding tert-OH is 1. The van der Waals surface area contributed by atoms with Gasteiger partial charge in [-0.1, -0.05) is 48.5 Å². The van der Waals surface area contributed by atoms with E-state index >= 15 is 0 Å². The Kier molecular flexibility index (Phi) is 6.85. The SMILES string of the molecule is CC(Oc1ccccc1Cc1ccccc1)C(=O)NC[C@@H]1C[C@H](O)CCO1. The molecule has 3 atom stereocenters. The van der Waals surface area contributed by atoms with Crippen molar-refractivity contribution in [2.24, 2.45) is 0 Å². The number of para-hydroxylation sites is 1. The zero-order chi connectivity index (χ0) is 19.1. The molecule has 0 radical (unpaired) electrons. The zero-order valence-electron chi connectivity index (χ0n) is 15.6. The molecule has 1 unspecified atom stereocenters. The van der Waals surface area contributed by atoms with Gasteiger partial charge in [-0.2, -0.15) is 0 Å². The van der Waals surface area contributed by atoms with Gasteiger partial charge in [-0.25, -0.2) is 0 Å². The molecule has 2 aromatic rings. The van der Waals surface area contributed by atoms with Crippen molar-refractivity contribution in [3.63, 3.8) is 0 Å². The van der Waals surface area contributed by atoms with E-state index in [2.05, 4.69) is 17.4 Å². The van der Waals surface area contributed by atoms with Crippen molar-refractivity contribution < 1.29 is 19.4 Å². The average molecular weight is 369 g/mol. The lowest BCUT2D eigenvalue weighted by atomic mass is 10.0. The molecular formula is C22H27NO4. The lowest BCUT2D eigenvalue weighted by molar-refractivity contribution is -0.128. The van der Waals surface area contributed by atoms with Crippen molar-refractivity contribution in [3.05, 3.63) is 65.7 Å². The first-order chi connectivity index (χ1) is 13.1. The first kappa shape index (κ1) is 19.4. The van der Waals surface area contributed by atoms with Crippen molar-refractivity contribution in [3.8, 4) is 5.75 Å². The molecule has 1 aliphatic heterocycles. The van der Waals surface area contributed by atoms with E-state index < -0.39 is 6.10 Å². The Labute approximate surface area is 160 Å². The summed E-state index contributed by atoms with van der Waals surface area (Å²) in [6, 6.07) is 18.0. The number of ether oxygens (including phenoxy) is 2. The molecule has 5 nitrogen and oxygen atoms in total. The van der Waals surface area contributed by atoms with E-state index in [0.29, 0.717) is 31.7 Å². The van der Waals surface area contributed by atoms with Crippen LogP contribution < -0.4 is 10.1 Å². The summed E-state index contributed by atoms with van der Waals surface area (Å²) in [7, 11) is 0. The fraction of sp³-hybridized carbons (Fsp3) is 0.409. The van der Waals surface area contributed by atoms with Gasteiger partial charge in [-0.15, -0.1) is 0 Å². The van der Waals surface area contributed by atoms with Gasteiger partial charge in [0.05, 0.1) is 12.2 Å². The molecule has 27 heavy (non-hydrogen) atoms. The Balaban J connectivity index is 1.55. The van der Waals surface area contributed by atoms with E-state index in [9.17, 15) is 9.90 Å². The number of nitrogens with one attached hydrogen (secondary N) is 1. The largest absolute Gasteiger partial charge is 0.481 e. The van der Waals surface area contributed by atoms with Crippen LogP contribution in [0.5, 0.6) is 5.75 Å². The molecule has 1 aliphatic rings. The average Bonchev–Trinajstić information content (AvgIpc) is 2.68. The molecule has 144 valence electrons. The second-order valence-corrected chi connectivity index (χ2v) is 6.95. The summed E-state index contributed by atoms with van der Waals surface area (Å²) in [6.45, 7) is 2.65. The second kappa shape index (κ2) is 9.53. The van der Waals surface area contributed by atoms with E-state index in [1.54, 1.807) is 6.92 Å². The molecule has 0 bridgehead atoms. The van der Waals surface area contributed by atoms with Crippen LogP contribution in [0.25, 0.3) is 0 Å². The quantitative estimate of drug-likeness (QED) is 0.787. The van der Waals surface area contributed by atoms with Gasteiger partial charge < -0.3 is 19.9 Å². The van der Waals surface area contributed by atoms with Crippen molar-refractivity contribution in [1.82, 2.24) is 5.32 Å². The first-order valence-electron chi connectivity index (χ1n) is 9.47. The van der Waals surface area contributed by atoms with Crippen LogP contribution in [0.1, 0.15) is 30.9 Å². The molecule has 1 amide bonds. The van der Waals surface area contributed by atoms with Crippen LogP contribution in [0.3, 0.4) is 0 Å². The van der Waals surface area contributed by atoms with Crippen LogP contribution in [-0.4, -0.2) is 42.5 Å². The van der Waals surface area contributed by atoms with Crippen LogP contribution in [0, 0.1) is 0 Å². The molecule has 1 heterocycles. The van der Waals surface area contributed by atoms with Crippen LogP contribution in [0.4, 0.5) is 0 Å². The highest BCUT2D eigenvalue weighted by Crippen LogP contribution is 2.22. The Morgan fingerprint density at radius 2 is 1.96 bits per heavy atom. The number of benzene rings is 2. The summed E-state index contributed by atoms with van der Waals surface area (Å²) in [5, 5.41) is 12.5. The van der Waals surface area contributed by atoms with Gasteiger partial charge in [0.2, 0.25) is 0 Å². The third-order valence-electron chi connectivity index (χ3n) is 4.73. The third kappa shape index (κ3) is 5.81. The molecular weight excluding hydrogens is 342 g/mol. The zero-order valence-corrected chi connectivity index (χ0v) is 15.6. The molecule has 3 rings (SSSR count). The summed E-state index contributed by atoms with van der Waals surface area (Å²) in [4.78, 5) is 12.4. The third-order valence-corrected chi connectivity index (χ3v) is 4.73. The smallest absolute Gasteiger partial charge is 0.260 e. The summed E-state index contributed by atoms with van der Waals surface area (Å²) in [5.41, 5.74) is 2.24. The van der Waals surface area contributed by atoms with Crippen molar-refractivity contribution in [1.29, 1.82) is 0 Å². The maximum atomic E-state index is 12.4. The molecule has 2 N–H and O–H groups in total. The molecule has 2 aromatic carbocycles. The fourth-order valence-electron chi connectivity index (χ4n) is 3.19. The summed E-state index contributed by atoms with van der Waals surface area (Å²) < 4.78 is 11.5. The highest BCUT2D eigenvalue weighted by molar-refractivity contribution is 5.80. The highest BCUT2D eigenvalue weighted by Gasteiger charge is 2.23. The molecule has 0 aromatic heterocycles. The minimum absolute atomic E-state index is 0.143. The maximum absolute atomic E-state index is 12.4. The topological polar surface area (TPSA) is 67.8 Å². The summed E-state index contributed by atoms with van der Waals surface area (Å²) in [5.74, 6) is 0.529. The number of hydrogen-bond acceptors (Lipinski definition) is 4. The van der Waals surface area contributed by atoms with E-state index in [1.165, 1.54) is 5.56 Å². The van der Waals surface area contributed by atoms with Crippen molar-refractivity contribution in [2.45, 2.75) is 44.5 Å². The lowest BCUT2D eigenvalue weighted by Crippen LogP contribution is -2.43. The maximum Gasteiger partial charge on any atom is 0.260 e. The fourth-order valence-corrected chi connectivity index (χ4v) is 3.19. The van der Waals surface area contributed by atoms with Crippen LogP contribution >= 0.6 is 0 Å². The van der Waals surface area contributed by atoms with Gasteiger partial charge in [-0.3, -0.25) is 4.79 Å². The minimum atomic E-state index is -0.615. The normalized spacial score (nSPS) is 20.7. The second-order valence-electron chi connectivity index (χ2n) is 6.95. The van der Waals surface area contributed by atoms with Gasteiger partial charge in [0.15, 0.2) is 6.10 Å². The Hall–Kier alpha value is -2.37.